The van der Waals surface area contributed by atoms with E-state index in [0.717, 1.165) is 24.8 Å². The third kappa shape index (κ3) is 4.49. The van der Waals surface area contributed by atoms with Crippen molar-refractivity contribution in [2.75, 3.05) is 10.9 Å². The van der Waals surface area contributed by atoms with Gasteiger partial charge in [-0.15, -0.1) is 0 Å². The van der Waals surface area contributed by atoms with Crippen LogP contribution in [0.2, 0.25) is 0 Å². The van der Waals surface area contributed by atoms with Gasteiger partial charge < -0.3 is 9.64 Å². The number of carbonyl (C=O) groups excluding carboxylic acids is 2. The Hall–Kier alpha value is -2.87. The number of sulfonamides is 1. The first kappa shape index (κ1) is 23.3. The average molecular weight is 471 g/mol. The first-order chi connectivity index (χ1) is 15.7. The number of nitrogens with zero attached hydrogens (tertiary/aromatic N) is 2. The Kier molecular flexibility index (Phi) is 6.47. The molecule has 1 amide bonds. The Labute approximate surface area is 195 Å². The second kappa shape index (κ2) is 9.17. The van der Waals surface area contributed by atoms with Crippen molar-refractivity contribution < 1.29 is 22.7 Å². The van der Waals surface area contributed by atoms with Crippen LogP contribution in [0.15, 0.2) is 53.4 Å². The Morgan fingerprint density at radius 2 is 1.67 bits per heavy atom. The van der Waals surface area contributed by atoms with Gasteiger partial charge in [-0.25, -0.2) is 13.2 Å². The Balaban J connectivity index is 1.50. The van der Waals surface area contributed by atoms with Crippen LogP contribution < -0.4 is 4.31 Å². The number of carbonyl (C=O) groups is 2. The number of hydrogen-bond acceptors (Lipinski definition) is 5. The van der Waals surface area contributed by atoms with E-state index >= 15 is 0 Å². The molecule has 2 aliphatic rings. The second-order valence-corrected chi connectivity index (χ2v) is 10.8. The molecule has 2 aromatic rings. The highest BCUT2D eigenvalue weighted by Crippen LogP contribution is 2.36. The van der Waals surface area contributed by atoms with Crippen LogP contribution in [0.1, 0.15) is 56.0 Å². The number of piperidine rings is 1. The molecule has 4 rings (SSSR count). The number of anilines is 1. The van der Waals surface area contributed by atoms with Crippen molar-refractivity contribution in [2.45, 2.75) is 69.5 Å². The largest absolute Gasteiger partial charge is 0.452 e. The average Bonchev–Trinajstić information content (AvgIpc) is 3.13. The molecule has 3 unspecified atom stereocenters. The Bertz CT molecular complexity index is 1150. The molecule has 8 heteroatoms. The van der Waals surface area contributed by atoms with Crippen LogP contribution >= 0.6 is 0 Å². The quantitative estimate of drug-likeness (QED) is 0.621. The summed E-state index contributed by atoms with van der Waals surface area (Å²) in [4.78, 5) is 27.1. The van der Waals surface area contributed by atoms with Gasteiger partial charge in [-0.05, 0) is 76.3 Å². The maximum Gasteiger partial charge on any atom is 0.338 e. The lowest BCUT2D eigenvalue weighted by Crippen LogP contribution is -2.49. The number of para-hydroxylation sites is 1. The maximum absolute atomic E-state index is 13.4. The van der Waals surface area contributed by atoms with Gasteiger partial charge in [0, 0.05) is 18.1 Å². The van der Waals surface area contributed by atoms with E-state index in [2.05, 4.69) is 0 Å². The van der Waals surface area contributed by atoms with Gasteiger partial charge in [0.2, 0.25) is 0 Å². The number of amides is 1. The van der Waals surface area contributed by atoms with Crippen LogP contribution in [0.4, 0.5) is 5.69 Å². The second-order valence-electron chi connectivity index (χ2n) is 9.02. The van der Waals surface area contributed by atoms with E-state index in [1.165, 1.54) is 28.6 Å². The van der Waals surface area contributed by atoms with E-state index in [1.807, 2.05) is 39.0 Å². The minimum atomic E-state index is -3.87. The Morgan fingerprint density at radius 3 is 2.39 bits per heavy atom. The standard InChI is InChI=1S/C25H30N2O5S/c1-17-8-6-9-18(2)26(17)24(28)16-32-25(29)21-11-7-12-22(15-21)33(30,31)27-19(3)14-20-10-4-5-13-23(20)27/h4-5,7,10-13,15,17-19H,6,8-9,14,16H2,1-3H3. The molecule has 33 heavy (non-hydrogen) atoms. The molecule has 0 N–H and O–H groups in total. The van der Waals surface area contributed by atoms with Crippen LogP contribution in [0.5, 0.6) is 0 Å². The molecule has 0 radical (unpaired) electrons. The van der Waals surface area contributed by atoms with Crippen molar-refractivity contribution in [1.82, 2.24) is 4.90 Å². The predicted molar refractivity (Wildman–Crippen MR) is 126 cm³/mol. The van der Waals surface area contributed by atoms with Gasteiger partial charge in [0.1, 0.15) is 0 Å². The monoisotopic (exact) mass is 470 g/mol. The van der Waals surface area contributed by atoms with Crippen LogP contribution in [0.3, 0.4) is 0 Å². The molecule has 176 valence electrons. The van der Waals surface area contributed by atoms with Crippen molar-refractivity contribution in [1.29, 1.82) is 0 Å². The smallest absolute Gasteiger partial charge is 0.338 e. The minimum Gasteiger partial charge on any atom is -0.452 e. The van der Waals surface area contributed by atoms with E-state index in [1.54, 1.807) is 11.0 Å². The summed E-state index contributed by atoms with van der Waals surface area (Å²) in [5.74, 6) is -0.943. The molecular formula is C25H30N2O5S. The molecule has 2 aliphatic heterocycles. The number of benzene rings is 2. The van der Waals surface area contributed by atoms with Gasteiger partial charge in [0.05, 0.1) is 16.1 Å². The van der Waals surface area contributed by atoms with E-state index in [-0.39, 0.29) is 41.1 Å². The third-order valence-electron chi connectivity index (χ3n) is 6.58. The van der Waals surface area contributed by atoms with E-state index in [9.17, 15) is 18.0 Å². The number of ether oxygens (including phenoxy) is 1. The summed E-state index contributed by atoms with van der Waals surface area (Å²) in [5.41, 5.74) is 1.74. The van der Waals surface area contributed by atoms with Crippen LogP contribution in [0.25, 0.3) is 0 Å². The van der Waals surface area contributed by atoms with Crippen molar-refractivity contribution in [3.63, 3.8) is 0 Å². The fourth-order valence-electron chi connectivity index (χ4n) is 5.00. The van der Waals surface area contributed by atoms with Gasteiger partial charge in [-0.2, -0.15) is 0 Å². The van der Waals surface area contributed by atoms with E-state index < -0.39 is 16.0 Å². The first-order valence-corrected chi connectivity index (χ1v) is 12.8. The molecule has 1 saturated heterocycles. The molecule has 0 bridgehead atoms. The van der Waals surface area contributed by atoms with Crippen LogP contribution in [0, 0.1) is 0 Å². The van der Waals surface area contributed by atoms with Crippen LogP contribution in [-0.4, -0.2) is 49.9 Å². The highest BCUT2D eigenvalue weighted by Gasteiger charge is 2.36. The van der Waals surface area contributed by atoms with Gasteiger partial charge >= 0.3 is 5.97 Å². The fraction of sp³-hybridized carbons (Fsp3) is 0.440. The lowest BCUT2D eigenvalue weighted by Gasteiger charge is -2.38. The van der Waals surface area contributed by atoms with Gasteiger partial charge in [0.25, 0.3) is 15.9 Å². The SMILES string of the molecule is CC1CCCC(C)N1C(=O)COC(=O)c1cccc(S(=O)(=O)N2c3ccccc3CC2C)c1. The summed E-state index contributed by atoms with van der Waals surface area (Å²) in [6.07, 6.45) is 3.57. The molecule has 2 aromatic carbocycles. The number of fused-ring (bicyclic) bond motifs is 1. The normalized spacial score (nSPS) is 22.7. The molecule has 0 saturated carbocycles. The topological polar surface area (TPSA) is 84.0 Å². The van der Waals surface area contributed by atoms with Crippen molar-refractivity contribution in [2.24, 2.45) is 0 Å². The molecule has 7 nitrogen and oxygen atoms in total. The Morgan fingerprint density at radius 1 is 0.970 bits per heavy atom. The maximum atomic E-state index is 13.4. The molecule has 3 atom stereocenters. The molecule has 0 aromatic heterocycles. The lowest BCUT2D eigenvalue weighted by molar-refractivity contribution is -0.140. The van der Waals surface area contributed by atoms with E-state index in [0.29, 0.717) is 12.1 Å². The zero-order valence-corrected chi connectivity index (χ0v) is 20.0. The molecule has 1 fully saturated rings. The van der Waals surface area contributed by atoms with Gasteiger partial charge in [0.15, 0.2) is 6.61 Å². The molecule has 0 spiro atoms. The highest BCUT2D eigenvalue weighted by molar-refractivity contribution is 7.92. The highest BCUT2D eigenvalue weighted by atomic mass is 32.2. The van der Waals surface area contributed by atoms with Gasteiger partial charge in [-0.1, -0.05) is 24.3 Å². The number of rotatable bonds is 5. The van der Waals surface area contributed by atoms with Crippen molar-refractivity contribution in [3.05, 3.63) is 59.7 Å². The summed E-state index contributed by atoms with van der Waals surface area (Å²) in [6, 6.07) is 13.2. The molecule has 2 heterocycles. The zero-order valence-electron chi connectivity index (χ0n) is 19.2. The summed E-state index contributed by atoms with van der Waals surface area (Å²) in [5, 5.41) is 0. The first-order valence-electron chi connectivity index (χ1n) is 11.4. The molecule has 0 aliphatic carbocycles. The number of likely N-dealkylation sites (tertiary alicyclic amines) is 1. The number of esters is 1. The summed E-state index contributed by atoms with van der Waals surface area (Å²) >= 11 is 0. The zero-order chi connectivity index (χ0) is 23.8. The van der Waals surface area contributed by atoms with Crippen molar-refractivity contribution in [3.8, 4) is 0 Å². The van der Waals surface area contributed by atoms with Crippen molar-refractivity contribution >= 4 is 27.6 Å². The van der Waals surface area contributed by atoms with E-state index in [4.69, 9.17) is 4.74 Å². The summed E-state index contributed by atoms with van der Waals surface area (Å²) in [6.45, 7) is 5.51. The molecular weight excluding hydrogens is 440 g/mol. The van der Waals surface area contributed by atoms with Crippen LogP contribution in [-0.2, 0) is 26.0 Å². The minimum absolute atomic E-state index is 0.0186. The predicted octanol–water partition coefficient (Wildman–Crippen LogP) is 3.77. The summed E-state index contributed by atoms with van der Waals surface area (Å²) < 4.78 is 33.6. The fourth-order valence-corrected chi connectivity index (χ4v) is 6.74. The third-order valence-corrected chi connectivity index (χ3v) is 8.50. The summed E-state index contributed by atoms with van der Waals surface area (Å²) in [7, 11) is -3.87. The van der Waals surface area contributed by atoms with Gasteiger partial charge in [-0.3, -0.25) is 9.10 Å². The number of hydrogen-bond donors (Lipinski definition) is 0. The lowest BCUT2D eigenvalue weighted by atomic mass is 9.97.